The van der Waals surface area contributed by atoms with E-state index in [4.69, 9.17) is 67.5 Å². The number of nitriles is 1. The number of carbonyl (C=O) groups excluding carboxylic acids is 1. The van der Waals surface area contributed by atoms with Crippen LogP contribution in [-0.4, -0.2) is 34.8 Å². The van der Waals surface area contributed by atoms with Crippen molar-refractivity contribution in [3.8, 4) is 17.7 Å². The number of carbonyl (C=O) groups is 1. The smallest absolute Gasteiger partial charge is 0.271 e. The van der Waals surface area contributed by atoms with Gasteiger partial charge in [0.05, 0.1) is 26.7 Å². The topological polar surface area (TPSA) is 102 Å². The molecule has 0 fully saturated rings. The Kier molecular flexibility index (Phi) is 9.74. The van der Waals surface area contributed by atoms with Gasteiger partial charge >= 0.3 is 0 Å². The Morgan fingerprint density at radius 2 is 1.64 bits per heavy atom. The van der Waals surface area contributed by atoms with Crippen molar-refractivity contribution in [2.75, 3.05) is 13.2 Å². The highest BCUT2D eigenvalue weighted by molar-refractivity contribution is 6.55. The Labute approximate surface area is 215 Å². The van der Waals surface area contributed by atoms with Crippen LogP contribution < -0.4 is 10.3 Å². The molecule has 0 bridgehead atoms. The molecule has 0 unspecified atom stereocenters. The van der Waals surface area contributed by atoms with E-state index >= 15 is 0 Å². The van der Waals surface area contributed by atoms with Gasteiger partial charge < -0.3 is 14.6 Å². The van der Waals surface area contributed by atoms with Gasteiger partial charge in [0.2, 0.25) is 11.7 Å². The van der Waals surface area contributed by atoms with Gasteiger partial charge in [-0.2, -0.15) is 5.26 Å². The van der Waals surface area contributed by atoms with Crippen LogP contribution in [0.25, 0.3) is 0 Å². The van der Waals surface area contributed by atoms with E-state index in [9.17, 15) is 20.0 Å². The van der Waals surface area contributed by atoms with E-state index in [1.165, 1.54) is 6.92 Å². The summed E-state index contributed by atoms with van der Waals surface area (Å²) in [5.74, 6) is -1.50. The maximum absolute atomic E-state index is 13.0. The number of pyridine rings is 1. The number of halogens is 5. The maximum atomic E-state index is 13.0. The predicted molar refractivity (Wildman–Crippen MR) is 129 cm³/mol. The minimum Gasteiger partial charge on any atom is -0.494 e. The summed E-state index contributed by atoms with van der Waals surface area (Å²) in [4.78, 5) is 25.6. The standard InChI is InChI=1S/C21H19Cl5N2O5/c1-9(2)32-6-4-5-28-20(30)11(7-27)10(3)13(21(28)31)12(29)8-33-19-17(25)15(23)14(22)16(24)18(19)26/h9,31H,4-6,8H2,1-3H3. The van der Waals surface area contributed by atoms with Crippen molar-refractivity contribution in [2.24, 2.45) is 0 Å². The molecule has 0 aliphatic carbocycles. The highest BCUT2D eigenvalue weighted by Gasteiger charge is 2.26. The minimum absolute atomic E-state index is 0.00850. The first-order valence-corrected chi connectivity index (χ1v) is 11.5. The second-order valence-electron chi connectivity index (χ2n) is 7.15. The van der Waals surface area contributed by atoms with Gasteiger partial charge in [-0.05, 0) is 32.8 Å². The molecule has 0 radical (unpaired) electrons. The van der Waals surface area contributed by atoms with Gasteiger partial charge in [-0.25, -0.2) is 0 Å². The number of ether oxygens (including phenoxy) is 2. The molecule has 0 atom stereocenters. The highest BCUT2D eigenvalue weighted by atomic mass is 35.5. The van der Waals surface area contributed by atoms with Gasteiger partial charge in [0.15, 0.2) is 12.4 Å². The molecular weight excluding hydrogens is 538 g/mol. The minimum atomic E-state index is -0.733. The largest absolute Gasteiger partial charge is 0.494 e. The van der Waals surface area contributed by atoms with Gasteiger partial charge in [0.25, 0.3) is 5.56 Å². The van der Waals surface area contributed by atoms with Crippen LogP contribution in [0.1, 0.15) is 41.8 Å². The third-order valence-electron chi connectivity index (χ3n) is 4.57. The Morgan fingerprint density at radius 1 is 1.09 bits per heavy atom. The number of aromatic hydroxyl groups is 1. The van der Waals surface area contributed by atoms with Crippen LogP contribution in [0.15, 0.2) is 4.79 Å². The number of Topliss-reactive ketones (excluding diaryl/α,β-unsaturated/α-hetero) is 1. The van der Waals surface area contributed by atoms with Crippen LogP contribution in [0.4, 0.5) is 0 Å². The molecule has 0 aliphatic heterocycles. The molecule has 0 aliphatic rings. The Hall–Kier alpha value is -1.66. The van der Waals surface area contributed by atoms with E-state index in [2.05, 4.69) is 0 Å². The number of benzene rings is 1. The lowest BCUT2D eigenvalue weighted by molar-refractivity contribution is 0.0743. The van der Waals surface area contributed by atoms with E-state index in [0.717, 1.165) is 4.57 Å². The maximum Gasteiger partial charge on any atom is 0.271 e. The second kappa shape index (κ2) is 11.7. The van der Waals surface area contributed by atoms with Crippen molar-refractivity contribution in [1.82, 2.24) is 4.57 Å². The fraction of sp³-hybridized carbons (Fsp3) is 0.381. The molecule has 7 nitrogen and oxygen atoms in total. The first-order chi connectivity index (χ1) is 15.4. The number of ketones is 1. The van der Waals surface area contributed by atoms with Gasteiger partial charge in [-0.15, -0.1) is 0 Å². The Bertz CT molecular complexity index is 1160. The van der Waals surface area contributed by atoms with E-state index in [1.54, 1.807) is 6.07 Å². The summed E-state index contributed by atoms with van der Waals surface area (Å²) < 4.78 is 11.8. The molecule has 2 rings (SSSR count). The fourth-order valence-corrected chi connectivity index (χ4v) is 4.19. The lowest BCUT2D eigenvalue weighted by Gasteiger charge is -2.17. The quantitative estimate of drug-likeness (QED) is 0.174. The Morgan fingerprint density at radius 3 is 2.15 bits per heavy atom. The number of aromatic nitrogens is 1. The van der Waals surface area contributed by atoms with Gasteiger partial charge in [0, 0.05) is 13.2 Å². The van der Waals surface area contributed by atoms with Crippen LogP contribution in [-0.2, 0) is 11.3 Å². The zero-order chi connectivity index (χ0) is 25.0. The highest BCUT2D eigenvalue weighted by Crippen LogP contribution is 2.48. The summed E-state index contributed by atoms with van der Waals surface area (Å²) in [5, 5.41) is 19.5. The monoisotopic (exact) mass is 554 g/mol. The molecule has 178 valence electrons. The van der Waals surface area contributed by atoms with E-state index in [1.807, 2.05) is 13.8 Å². The molecule has 0 amide bonds. The van der Waals surface area contributed by atoms with Crippen molar-refractivity contribution in [2.45, 2.75) is 39.8 Å². The molecule has 1 N–H and O–H groups in total. The van der Waals surface area contributed by atoms with Crippen molar-refractivity contribution < 1.29 is 19.4 Å². The molecule has 1 heterocycles. The summed E-state index contributed by atoms with van der Waals surface area (Å²) >= 11 is 30.2. The molecular formula is C21H19Cl5N2O5. The van der Waals surface area contributed by atoms with Crippen LogP contribution in [0.3, 0.4) is 0 Å². The number of nitrogens with zero attached hydrogens (tertiary/aromatic N) is 2. The van der Waals surface area contributed by atoms with E-state index in [-0.39, 0.29) is 60.2 Å². The van der Waals surface area contributed by atoms with Crippen LogP contribution in [0.2, 0.25) is 25.1 Å². The molecule has 0 spiro atoms. The number of hydrogen-bond acceptors (Lipinski definition) is 6. The van der Waals surface area contributed by atoms with Gasteiger partial charge in [-0.3, -0.25) is 14.2 Å². The first kappa shape index (κ1) is 27.6. The predicted octanol–water partition coefficient (Wildman–Crippen LogP) is 6.08. The summed E-state index contributed by atoms with van der Waals surface area (Å²) in [6, 6.07) is 1.79. The summed E-state index contributed by atoms with van der Waals surface area (Å²) in [7, 11) is 0. The van der Waals surface area contributed by atoms with Crippen LogP contribution in [0, 0.1) is 18.3 Å². The van der Waals surface area contributed by atoms with Crippen molar-refractivity contribution in [3.05, 3.63) is 52.2 Å². The molecule has 1 aromatic heterocycles. The summed E-state index contributed by atoms with van der Waals surface area (Å²) in [6.45, 7) is 4.81. The third-order valence-corrected chi connectivity index (χ3v) is 6.82. The lowest BCUT2D eigenvalue weighted by Crippen LogP contribution is -2.28. The zero-order valence-electron chi connectivity index (χ0n) is 17.8. The van der Waals surface area contributed by atoms with Crippen LogP contribution in [0.5, 0.6) is 11.6 Å². The number of rotatable bonds is 9. The molecule has 2 aromatic rings. The molecule has 0 saturated heterocycles. The second-order valence-corrected chi connectivity index (χ2v) is 9.04. The lowest BCUT2D eigenvalue weighted by atomic mass is 10.0. The molecule has 1 aromatic carbocycles. The van der Waals surface area contributed by atoms with Crippen molar-refractivity contribution in [1.29, 1.82) is 5.26 Å². The molecule has 33 heavy (non-hydrogen) atoms. The number of hydrogen-bond donors (Lipinski definition) is 1. The van der Waals surface area contributed by atoms with Crippen molar-refractivity contribution >= 4 is 63.8 Å². The fourth-order valence-electron chi connectivity index (χ4n) is 2.96. The zero-order valence-corrected chi connectivity index (χ0v) is 21.5. The summed E-state index contributed by atoms with van der Waals surface area (Å²) in [6.07, 6.45) is 0.363. The Balaban J connectivity index is 2.40. The average molecular weight is 557 g/mol. The first-order valence-electron chi connectivity index (χ1n) is 9.59. The van der Waals surface area contributed by atoms with E-state index in [0.29, 0.717) is 13.0 Å². The van der Waals surface area contributed by atoms with Crippen molar-refractivity contribution in [3.63, 3.8) is 0 Å². The van der Waals surface area contributed by atoms with Gasteiger partial charge in [0.1, 0.15) is 21.7 Å². The van der Waals surface area contributed by atoms with Crippen LogP contribution >= 0.6 is 58.0 Å². The third kappa shape index (κ3) is 5.89. The average Bonchev–Trinajstić information content (AvgIpc) is 2.75. The van der Waals surface area contributed by atoms with E-state index < -0.39 is 23.8 Å². The summed E-state index contributed by atoms with van der Waals surface area (Å²) in [5.41, 5.74) is -1.20. The SMILES string of the molecule is Cc1c(C(=O)COc2c(Cl)c(Cl)c(Cl)c(Cl)c2Cl)c(O)n(CCCOC(C)C)c(=O)c1C#N. The normalized spacial score (nSPS) is 11.0. The molecule has 12 heteroatoms. The molecule has 0 saturated carbocycles. The van der Waals surface area contributed by atoms with Gasteiger partial charge in [-0.1, -0.05) is 58.0 Å².